The van der Waals surface area contributed by atoms with Crippen molar-refractivity contribution in [2.24, 2.45) is 5.92 Å². The molecule has 17 heavy (non-hydrogen) atoms. The lowest BCUT2D eigenvalue weighted by molar-refractivity contribution is 0.0933. The Hall–Kier alpha value is -1.67. The van der Waals surface area contributed by atoms with Crippen molar-refractivity contribution in [2.75, 3.05) is 11.5 Å². The lowest BCUT2D eigenvalue weighted by Crippen LogP contribution is -2.16. The quantitative estimate of drug-likeness (QED) is 0.737. The maximum Gasteiger partial charge on any atom is 0.167 e. The van der Waals surface area contributed by atoms with Gasteiger partial charge < -0.3 is 0 Å². The molecule has 0 N–H and O–H groups in total. The highest BCUT2D eigenvalue weighted by atomic mass is 32.2. The zero-order chi connectivity index (χ0) is 12.5. The van der Waals surface area contributed by atoms with Crippen molar-refractivity contribution in [1.82, 2.24) is 0 Å². The van der Waals surface area contributed by atoms with Crippen LogP contribution < -0.4 is 0 Å². The van der Waals surface area contributed by atoms with Crippen molar-refractivity contribution < 1.29 is 13.2 Å². The van der Waals surface area contributed by atoms with E-state index in [1.807, 2.05) is 6.07 Å². The molecule has 1 fully saturated rings. The Morgan fingerprint density at radius 2 is 2.18 bits per heavy atom. The number of Topliss-reactive ketones (excluding diaryl/α,β-unsaturated/α-hetero) is 1. The molecule has 0 radical (unpaired) electrons. The number of carbonyl (C=O) groups is 1. The summed E-state index contributed by atoms with van der Waals surface area (Å²) in [6.07, 6.45) is 0.387. The van der Waals surface area contributed by atoms with E-state index in [4.69, 9.17) is 5.26 Å². The Labute approximate surface area is 99.8 Å². The van der Waals surface area contributed by atoms with Gasteiger partial charge in [0.25, 0.3) is 0 Å². The molecule has 1 heterocycles. The number of ketones is 1. The summed E-state index contributed by atoms with van der Waals surface area (Å²) in [4.78, 5) is 12.0. The molecule has 1 atom stereocenters. The predicted octanol–water partition coefficient (Wildman–Crippen LogP) is 1.18. The van der Waals surface area contributed by atoms with Crippen molar-refractivity contribution in [3.63, 3.8) is 0 Å². The van der Waals surface area contributed by atoms with Crippen molar-refractivity contribution in [1.29, 1.82) is 5.26 Å². The molecule has 1 aromatic rings. The monoisotopic (exact) mass is 249 g/mol. The molecular formula is C12H11NO3S. The van der Waals surface area contributed by atoms with Gasteiger partial charge in [0, 0.05) is 11.5 Å². The molecule has 0 amide bonds. The minimum atomic E-state index is -3.05. The van der Waals surface area contributed by atoms with E-state index in [0.29, 0.717) is 17.5 Å². The zero-order valence-electron chi connectivity index (χ0n) is 9.09. The van der Waals surface area contributed by atoms with Gasteiger partial charge in [0.05, 0.1) is 23.1 Å². The number of hydrogen-bond donors (Lipinski definition) is 0. The fraction of sp³-hybridized carbons (Fsp3) is 0.333. The number of carbonyl (C=O) groups excluding carboxylic acids is 1. The lowest BCUT2D eigenvalue weighted by Gasteiger charge is -2.06. The van der Waals surface area contributed by atoms with E-state index in [-0.39, 0.29) is 17.3 Å². The summed E-state index contributed by atoms with van der Waals surface area (Å²) in [6.45, 7) is 0. The maximum absolute atomic E-state index is 12.0. The fourth-order valence-corrected chi connectivity index (χ4v) is 3.72. The van der Waals surface area contributed by atoms with Gasteiger partial charge in [-0.15, -0.1) is 0 Å². The molecule has 1 saturated heterocycles. The Morgan fingerprint density at radius 1 is 1.41 bits per heavy atom. The van der Waals surface area contributed by atoms with Crippen molar-refractivity contribution in [2.45, 2.75) is 6.42 Å². The number of sulfone groups is 1. The first-order valence-electron chi connectivity index (χ1n) is 5.26. The van der Waals surface area contributed by atoms with E-state index >= 15 is 0 Å². The molecule has 0 aliphatic carbocycles. The summed E-state index contributed by atoms with van der Waals surface area (Å²) in [5, 5.41) is 8.74. The lowest BCUT2D eigenvalue weighted by atomic mass is 9.96. The van der Waals surface area contributed by atoms with Crippen LogP contribution in [0.5, 0.6) is 0 Å². The van der Waals surface area contributed by atoms with Crippen LogP contribution in [-0.2, 0) is 9.84 Å². The smallest absolute Gasteiger partial charge is 0.167 e. The van der Waals surface area contributed by atoms with Crippen LogP contribution in [0.4, 0.5) is 0 Å². The van der Waals surface area contributed by atoms with Gasteiger partial charge in [-0.05, 0) is 18.6 Å². The molecule has 0 bridgehead atoms. The van der Waals surface area contributed by atoms with Crippen LogP contribution in [-0.4, -0.2) is 25.7 Å². The first kappa shape index (κ1) is 11.8. The van der Waals surface area contributed by atoms with Crippen LogP contribution in [0.25, 0.3) is 0 Å². The zero-order valence-corrected chi connectivity index (χ0v) is 9.90. The summed E-state index contributed by atoms with van der Waals surface area (Å²) >= 11 is 0. The van der Waals surface area contributed by atoms with Gasteiger partial charge in [-0.3, -0.25) is 4.79 Å². The van der Waals surface area contributed by atoms with E-state index in [1.54, 1.807) is 18.2 Å². The molecule has 1 unspecified atom stereocenters. The summed E-state index contributed by atoms with van der Waals surface area (Å²) in [6, 6.07) is 8.33. The Kier molecular flexibility index (Phi) is 2.99. The third-order valence-electron chi connectivity index (χ3n) is 2.88. The van der Waals surface area contributed by atoms with Crippen LogP contribution in [0.15, 0.2) is 24.3 Å². The van der Waals surface area contributed by atoms with E-state index in [0.717, 1.165) is 0 Å². The highest BCUT2D eigenvalue weighted by molar-refractivity contribution is 7.91. The molecule has 0 saturated carbocycles. The number of nitrogens with zero attached hydrogens (tertiary/aromatic N) is 1. The number of rotatable bonds is 2. The predicted molar refractivity (Wildman–Crippen MR) is 62.2 cm³/mol. The average molecular weight is 249 g/mol. The molecule has 1 aromatic carbocycles. The van der Waals surface area contributed by atoms with Crippen molar-refractivity contribution >= 4 is 15.6 Å². The molecule has 4 nitrogen and oxygen atoms in total. The normalized spacial score (nSPS) is 21.9. The van der Waals surface area contributed by atoms with Gasteiger partial charge in [-0.1, -0.05) is 12.1 Å². The Balaban J connectivity index is 2.24. The van der Waals surface area contributed by atoms with Gasteiger partial charge in [0.1, 0.15) is 0 Å². The first-order chi connectivity index (χ1) is 8.02. The van der Waals surface area contributed by atoms with Crippen molar-refractivity contribution in [3.05, 3.63) is 35.4 Å². The highest BCUT2D eigenvalue weighted by Crippen LogP contribution is 2.22. The fourth-order valence-electron chi connectivity index (χ4n) is 1.98. The van der Waals surface area contributed by atoms with Gasteiger partial charge in [-0.25, -0.2) is 8.42 Å². The molecule has 1 aliphatic heterocycles. The topological polar surface area (TPSA) is 75.0 Å². The molecule has 1 aliphatic rings. The second-order valence-electron chi connectivity index (χ2n) is 4.16. The molecule has 5 heteroatoms. The first-order valence-corrected chi connectivity index (χ1v) is 7.09. The third kappa shape index (κ3) is 2.53. The highest BCUT2D eigenvalue weighted by Gasteiger charge is 2.33. The van der Waals surface area contributed by atoms with Crippen LogP contribution in [0.3, 0.4) is 0 Å². The van der Waals surface area contributed by atoms with E-state index in [2.05, 4.69) is 0 Å². The minimum absolute atomic E-state index is 0.0669. The van der Waals surface area contributed by atoms with Gasteiger partial charge >= 0.3 is 0 Å². The third-order valence-corrected chi connectivity index (χ3v) is 4.65. The van der Waals surface area contributed by atoms with Gasteiger partial charge in [-0.2, -0.15) is 5.26 Å². The van der Waals surface area contributed by atoms with E-state index in [9.17, 15) is 13.2 Å². The second kappa shape index (κ2) is 4.30. The Morgan fingerprint density at radius 3 is 2.76 bits per heavy atom. The minimum Gasteiger partial charge on any atom is -0.294 e. The van der Waals surface area contributed by atoms with Gasteiger partial charge in [0.15, 0.2) is 15.6 Å². The van der Waals surface area contributed by atoms with Crippen LogP contribution in [0.2, 0.25) is 0 Å². The molecule has 88 valence electrons. The summed E-state index contributed by atoms with van der Waals surface area (Å²) in [7, 11) is -3.05. The summed E-state index contributed by atoms with van der Waals surface area (Å²) in [5.74, 6) is -0.610. The van der Waals surface area contributed by atoms with Crippen LogP contribution >= 0.6 is 0 Å². The molecule has 0 spiro atoms. The van der Waals surface area contributed by atoms with Crippen LogP contribution in [0, 0.1) is 17.2 Å². The molecule has 0 aromatic heterocycles. The number of benzene rings is 1. The largest absolute Gasteiger partial charge is 0.294 e. The van der Waals surface area contributed by atoms with Crippen LogP contribution in [0.1, 0.15) is 22.3 Å². The van der Waals surface area contributed by atoms with Gasteiger partial charge in [0.2, 0.25) is 0 Å². The number of nitriles is 1. The molecular weight excluding hydrogens is 238 g/mol. The maximum atomic E-state index is 12.0. The van der Waals surface area contributed by atoms with E-state index < -0.39 is 15.8 Å². The summed E-state index contributed by atoms with van der Waals surface area (Å²) < 4.78 is 22.6. The Bertz CT molecular complexity index is 598. The second-order valence-corrected chi connectivity index (χ2v) is 6.39. The SMILES string of the molecule is N#Cc1cccc(C(=O)C2CCS(=O)(=O)C2)c1. The molecule has 2 rings (SSSR count). The van der Waals surface area contributed by atoms with Crippen molar-refractivity contribution in [3.8, 4) is 6.07 Å². The average Bonchev–Trinajstić information content (AvgIpc) is 2.69. The number of hydrogen-bond acceptors (Lipinski definition) is 4. The summed E-state index contributed by atoms with van der Waals surface area (Å²) in [5.41, 5.74) is 0.836. The van der Waals surface area contributed by atoms with E-state index in [1.165, 1.54) is 6.07 Å². The standard InChI is InChI=1S/C12H11NO3S/c13-7-9-2-1-3-10(6-9)12(14)11-4-5-17(15,16)8-11/h1-3,6,11H,4-5,8H2.